The normalized spacial score (nSPS) is 20.6. The average Bonchev–Trinajstić information content (AvgIpc) is 2.48. The number of amides is 2. The Morgan fingerprint density at radius 1 is 1.32 bits per heavy atom. The van der Waals surface area contributed by atoms with Crippen molar-refractivity contribution in [2.75, 3.05) is 11.4 Å². The Bertz CT molecular complexity index is 537. The van der Waals surface area contributed by atoms with E-state index >= 15 is 0 Å². The number of nitrogens with zero attached hydrogens (tertiary/aromatic N) is 1. The quantitative estimate of drug-likeness (QED) is 0.892. The molecule has 0 spiro atoms. The summed E-state index contributed by atoms with van der Waals surface area (Å²) >= 11 is 0. The fraction of sp³-hybridized carbons (Fsp3) is 0.529. The molecule has 1 aliphatic rings. The molecule has 5 heteroatoms. The highest BCUT2D eigenvalue weighted by Crippen LogP contribution is 2.22. The molecule has 1 fully saturated rings. The van der Waals surface area contributed by atoms with Gasteiger partial charge in [0.05, 0.1) is 6.04 Å². The van der Waals surface area contributed by atoms with Gasteiger partial charge < -0.3 is 16.0 Å². The summed E-state index contributed by atoms with van der Waals surface area (Å²) in [5.74, 6) is -0.326. The van der Waals surface area contributed by atoms with E-state index in [9.17, 15) is 9.59 Å². The van der Waals surface area contributed by atoms with E-state index in [0.29, 0.717) is 13.0 Å². The number of para-hydroxylation sites is 1. The monoisotopic (exact) mass is 303 g/mol. The van der Waals surface area contributed by atoms with E-state index in [2.05, 4.69) is 5.32 Å². The van der Waals surface area contributed by atoms with Crippen LogP contribution in [0.2, 0.25) is 0 Å². The van der Waals surface area contributed by atoms with Gasteiger partial charge in [-0.3, -0.25) is 9.59 Å². The molecule has 2 rings (SSSR count). The molecule has 1 heterocycles. The first-order valence-corrected chi connectivity index (χ1v) is 7.73. The summed E-state index contributed by atoms with van der Waals surface area (Å²) in [5.41, 5.74) is 6.50. The van der Waals surface area contributed by atoms with Crippen molar-refractivity contribution in [2.45, 2.75) is 45.7 Å². The van der Waals surface area contributed by atoms with Crippen LogP contribution < -0.4 is 16.0 Å². The van der Waals surface area contributed by atoms with Crippen LogP contribution in [0.5, 0.6) is 0 Å². The van der Waals surface area contributed by atoms with E-state index in [-0.39, 0.29) is 17.2 Å². The molecule has 2 atom stereocenters. The number of hydrogen-bond donors (Lipinski definition) is 2. The van der Waals surface area contributed by atoms with Gasteiger partial charge in [-0.15, -0.1) is 0 Å². The zero-order valence-electron chi connectivity index (χ0n) is 13.5. The Morgan fingerprint density at radius 2 is 1.95 bits per heavy atom. The second-order valence-electron chi connectivity index (χ2n) is 6.87. The van der Waals surface area contributed by atoms with Crippen LogP contribution in [-0.4, -0.2) is 30.4 Å². The van der Waals surface area contributed by atoms with Gasteiger partial charge in [-0.25, -0.2) is 0 Å². The first-order valence-electron chi connectivity index (χ1n) is 7.73. The third kappa shape index (κ3) is 3.65. The van der Waals surface area contributed by atoms with Crippen LogP contribution in [0.3, 0.4) is 0 Å². The van der Waals surface area contributed by atoms with Crippen molar-refractivity contribution in [3.05, 3.63) is 30.3 Å². The van der Waals surface area contributed by atoms with E-state index < -0.39 is 12.1 Å². The van der Waals surface area contributed by atoms with Gasteiger partial charge in [0, 0.05) is 12.2 Å². The SMILES string of the molecule is CC(C)(C)[C@H](N)C(=O)NC1CCCN(c2ccccc2)C1=O. The minimum atomic E-state index is -0.632. The van der Waals surface area contributed by atoms with E-state index in [4.69, 9.17) is 5.73 Å². The maximum absolute atomic E-state index is 12.6. The zero-order chi connectivity index (χ0) is 16.3. The first kappa shape index (κ1) is 16.5. The van der Waals surface area contributed by atoms with Crippen molar-refractivity contribution >= 4 is 17.5 Å². The Morgan fingerprint density at radius 3 is 2.55 bits per heavy atom. The number of carbonyl (C=O) groups excluding carboxylic acids is 2. The van der Waals surface area contributed by atoms with E-state index in [1.807, 2.05) is 51.1 Å². The summed E-state index contributed by atoms with van der Waals surface area (Å²) in [6.07, 6.45) is 1.51. The van der Waals surface area contributed by atoms with E-state index in [1.54, 1.807) is 4.90 Å². The summed E-state index contributed by atoms with van der Waals surface area (Å²) in [6.45, 7) is 6.42. The van der Waals surface area contributed by atoms with Crippen LogP contribution in [-0.2, 0) is 9.59 Å². The maximum Gasteiger partial charge on any atom is 0.249 e. The van der Waals surface area contributed by atoms with Crippen molar-refractivity contribution < 1.29 is 9.59 Å². The third-order valence-corrected chi connectivity index (χ3v) is 4.04. The molecular weight excluding hydrogens is 278 g/mol. The smallest absolute Gasteiger partial charge is 0.249 e. The topological polar surface area (TPSA) is 75.4 Å². The third-order valence-electron chi connectivity index (χ3n) is 4.04. The van der Waals surface area contributed by atoms with Gasteiger partial charge in [-0.05, 0) is 30.4 Å². The molecule has 3 N–H and O–H groups in total. The highest BCUT2D eigenvalue weighted by Gasteiger charge is 2.34. The van der Waals surface area contributed by atoms with E-state index in [1.165, 1.54) is 0 Å². The van der Waals surface area contributed by atoms with Crippen molar-refractivity contribution in [3.63, 3.8) is 0 Å². The fourth-order valence-electron chi connectivity index (χ4n) is 2.53. The summed E-state index contributed by atoms with van der Waals surface area (Å²) in [5, 5.41) is 2.82. The number of anilines is 1. The number of nitrogens with two attached hydrogens (primary N) is 1. The van der Waals surface area contributed by atoms with Crippen LogP contribution in [0.1, 0.15) is 33.6 Å². The lowest BCUT2D eigenvalue weighted by Crippen LogP contribution is -2.57. The second kappa shape index (κ2) is 6.48. The van der Waals surface area contributed by atoms with Gasteiger partial charge in [0.25, 0.3) is 0 Å². The van der Waals surface area contributed by atoms with Gasteiger partial charge in [-0.2, -0.15) is 0 Å². The lowest BCUT2D eigenvalue weighted by Gasteiger charge is -2.34. The Hall–Kier alpha value is -1.88. The highest BCUT2D eigenvalue weighted by atomic mass is 16.2. The zero-order valence-corrected chi connectivity index (χ0v) is 13.5. The second-order valence-corrected chi connectivity index (χ2v) is 6.87. The number of benzene rings is 1. The molecular formula is C17H25N3O2. The molecule has 0 bridgehead atoms. The van der Waals surface area contributed by atoms with Crippen LogP contribution in [0.15, 0.2) is 30.3 Å². The number of nitrogens with one attached hydrogen (secondary N) is 1. The first-order chi connectivity index (χ1) is 10.3. The molecule has 0 aliphatic carbocycles. The van der Waals surface area contributed by atoms with Crippen LogP contribution in [0, 0.1) is 5.41 Å². The van der Waals surface area contributed by atoms with Crippen LogP contribution >= 0.6 is 0 Å². The Labute approximate surface area is 131 Å². The summed E-state index contributed by atoms with van der Waals surface area (Å²) in [6, 6.07) is 8.41. The fourth-order valence-corrected chi connectivity index (χ4v) is 2.53. The van der Waals surface area contributed by atoms with Crippen molar-refractivity contribution in [3.8, 4) is 0 Å². The summed E-state index contributed by atoms with van der Waals surface area (Å²) < 4.78 is 0. The highest BCUT2D eigenvalue weighted by molar-refractivity contribution is 6.00. The van der Waals surface area contributed by atoms with Gasteiger partial charge >= 0.3 is 0 Å². The van der Waals surface area contributed by atoms with Gasteiger partial charge in [0.15, 0.2) is 0 Å². The number of rotatable bonds is 3. The van der Waals surface area contributed by atoms with Crippen LogP contribution in [0.25, 0.3) is 0 Å². The largest absolute Gasteiger partial charge is 0.343 e. The molecule has 0 saturated carbocycles. The van der Waals surface area contributed by atoms with Crippen molar-refractivity contribution in [2.24, 2.45) is 11.1 Å². The lowest BCUT2D eigenvalue weighted by atomic mass is 9.86. The number of carbonyl (C=O) groups is 2. The molecule has 1 aromatic rings. The predicted molar refractivity (Wildman–Crippen MR) is 87.4 cm³/mol. The summed E-state index contributed by atoms with van der Waals surface area (Å²) in [4.78, 5) is 26.6. The van der Waals surface area contributed by atoms with Gasteiger partial charge in [0.1, 0.15) is 6.04 Å². The van der Waals surface area contributed by atoms with Gasteiger partial charge in [0.2, 0.25) is 11.8 Å². The molecule has 1 unspecified atom stereocenters. The van der Waals surface area contributed by atoms with Gasteiger partial charge in [-0.1, -0.05) is 39.0 Å². The predicted octanol–water partition coefficient (Wildman–Crippen LogP) is 1.67. The molecule has 5 nitrogen and oxygen atoms in total. The molecule has 0 radical (unpaired) electrons. The molecule has 2 amide bonds. The molecule has 120 valence electrons. The Kier molecular flexibility index (Phi) is 4.86. The standard InChI is InChI=1S/C17H25N3O2/c1-17(2,3)14(18)15(21)19-13-10-7-11-20(16(13)22)12-8-5-4-6-9-12/h4-6,8-9,13-14H,7,10-11,18H2,1-3H3,(H,19,21)/t13?,14-/m1/s1. The van der Waals surface area contributed by atoms with Crippen LogP contribution in [0.4, 0.5) is 5.69 Å². The molecule has 1 aliphatic heterocycles. The molecule has 1 saturated heterocycles. The summed E-state index contributed by atoms with van der Waals surface area (Å²) in [7, 11) is 0. The average molecular weight is 303 g/mol. The Balaban J connectivity index is 2.06. The maximum atomic E-state index is 12.6. The number of piperidine rings is 1. The minimum Gasteiger partial charge on any atom is -0.343 e. The molecule has 0 aromatic heterocycles. The number of hydrogen-bond acceptors (Lipinski definition) is 3. The molecule has 22 heavy (non-hydrogen) atoms. The minimum absolute atomic E-state index is 0.0630. The van der Waals surface area contributed by atoms with Crippen molar-refractivity contribution in [1.29, 1.82) is 0 Å². The van der Waals surface area contributed by atoms with E-state index in [0.717, 1.165) is 12.1 Å². The lowest BCUT2D eigenvalue weighted by molar-refractivity contribution is -0.130. The van der Waals surface area contributed by atoms with Crippen molar-refractivity contribution in [1.82, 2.24) is 5.32 Å². The molecule has 1 aromatic carbocycles.